The number of thiazole rings is 1. The molecule has 1 heterocycles. The van der Waals surface area contributed by atoms with E-state index in [-0.39, 0.29) is 5.56 Å². The van der Waals surface area contributed by atoms with Gasteiger partial charge in [0.25, 0.3) is 5.91 Å². The van der Waals surface area contributed by atoms with Crippen molar-refractivity contribution in [2.45, 2.75) is 6.54 Å². The van der Waals surface area contributed by atoms with Gasteiger partial charge in [0, 0.05) is 11.9 Å². The Bertz CT molecular complexity index is 1220. The number of aromatic nitrogens is 1. The molecule has 0 aliphatic rings. The van der Waals surface area contributed by atoms with Crippen LogP contribution in [0.2, 0.25) is 0 Å². The monoisotopic (exact) mass is 362 g/mol. The number of benzene rings is 3. The summed E-state index contributed by atoms with van der Waals surface area (Å²) in [5.41, 5.74) is 0.952. The molecule has 0 unspecified atom stereocenters. The summed E-state index contributed by atoms with van der Waals surface area (Å²) in [6, 6.07) is 18.0. The molecule has 0 aliphatic heterocycles. The lowest BCUT2D eigenvalue weighted by Crippen LogP contribution is -2.16. The van der Waals surface area contributed by atoms with Crippen LogP contribution in [-0.4, -0.2) is 10.5 Å². The van der Waals surface area contributed by atoms with Crippen molar-refractivity contribution in [2.24, 2.45) is 4.99 Å². The second-order valence-electron chi connectivity index (χ2n) is 5.82. The average Bonchev–Trinajstić information content (AvgIpc) is 3.00. The molecular weight excluding hydrogens is 347 g/mol. The highest BCUT2D eigenvalue weighted by molar-refractivity contribution is 7.17. The maximum Gasteiger partial charge on any atom is 0.282 e. The largest absolute Gasteiger partial charge is 0.312 e. The summed E-state index contributed by atoms with van der Waals surface area (Å²) >= 11 is 1.43. The first-order chi connectivity index (χ1) is 12.7. The third kappa shape index (κ3) is 2.76. The summed E-state index contributed by atoms with van der Waals surface area (Å²) in [5.74, 6) is -1.15. The molecule has 0 N–H and O–H groups in total. The predicted molar refractivity (Wildman–Crippen MR) is 104 cm³/mol. The van der Waals surface area contributed by atoms with E-state index in [1.165, 1.54) is 23.5 Å². The summed E-state index contributed by atoms with van der Waals surface area (Å²) in [6.07, 6.45) is 1.76. The second kappa shape index (κ2) is 6.69. The number of amides is 1. The van der Waals surface area contributed by atoms with Gasteiger partial charge in [-0.1, -0.05) is 59.9 Å². The van der Waals surface area contributed by atoms with Gasteiger partial charge in [-0.2, -0.15) is 4.99 Å². The quantitative estimate of drug-likeness (QED) is 0.476. The van der Waals surface area contributed by atoms with E-state index in [1.54, 1.807) is 18.2 Å². The van der Waals surface area contributed by atoms with Crippen LogP contribution in [0.25, 0.3) is 21.0 Å². The highest BCUT2D eigenvalue weighted by atomic mass is 32.1. The van der Waals surface area contributed by atoms with E-state index in [9.17, 15) is 9.18 Å². The number of hydrogen-bond acceptors (Lipinski definition) is 2. The molecule has 0 radical (unpaired) electrons. The Morgan fingerprint density at radius 3 is 2.69 bits per heavy atom. The Morgan fingerprint density at radius 1 is 1.12 bits per heavy atom. The molecule has 0 bridgehead atoms. The van der Waals surface area contributed by atoms with Crippen molar-refractivity contribution < 1.29 is 9.18 Å². The summed E-state index contributed by atoms with van der Waals surface area (Å²) in [6.45, 7) is 4.31. The van der Waals surface area contributed by atoms with Crippen LogP contribution in [0, 0.1) is 5.82 Å². The van der Waals surface area contributed by atoms with Crippen LogP contribution in [0.15, 0.2) is 78.3 Å². The topological polar surface area (TPSA) is 34.4 Å². The van der Waals surface area contributed by atoms with Crippen molar-refractivity contribution >= 4 is 38.2 Å². The van der Waals surface area contributed by atoms with E-state index < -0.39 is 11.7 Å². The second-order valence-corrected chi connectivity index (χ2v) is 6.79. The van der Waals surface area contributed by atoms with E-state index in [4.69, 9.17) is 0 Å². The highest BCUT2D eigenvalue weighted by Gasteiger charge is 2.13. The number of carbonyl (C=O) groups excluding carboxylic acids is 1. The lowest BCUT2D eigenvalue weighted by Gasteiger charge is -2.03. The molecule has 0 fully saturated rings. The minimum Gasteiger partial charge on any atom is -0.312 e. The Labute approximate surface area is 153 Å². The molecule has 1 amide bonds. The fourth-order valence-electron chi connectivity index (χ4n) is 2.97. The first-order valence-electron chi connectivity index (χ1n) is 8.14. The van der Waals surface area contributed by atoms with E-state index in [2.05, 4.69) is 17.6 Å². The SMILES string of the molecule is C=CCn1c(=NC(=O)c2ccccc2F)sc2c3ccccc3ccc21. The fourth-order valence-corrected chi connectivity index (χ4v) is 4.14. The van der Waals surface area contributed by atoms with E-state index >= 15 is 0 Å². The first kappa shape index (κ1) is 16.4. The van der Waals surface area contributed by atoms with Crippen LogP contribution in [0.4, 0.5) is 4.39 Å². The van der Waals surface area contributed by atoms with Crippen molar-refractivity contribution in [1.29, 1.82) is 0 Å². The van der Waals surface area contributed by atoms with E-state index in [0.29, 0.717) is 11.3 Å². The van der Waals surface area contributed by atoms with Crippen LogP contribution in [0.5, 0.6) is 0 Å². The molecule has 4 rings (SSSR count). The molecule has 0 spiro atoms. The van der Waals surface area contributed by atoms with Gasteiger partial charge < -0.3 is 4.57 Å². The van der Waals surface area contributed by atoms with Gasteiger partial charge in [-0.3, -0.25) is 4.79 Å². The number of carbonyl (C=O) groups is 1. The Morgan fingerprint density at radius 2 is 1.88 bits per heavy atom. The van der Waals surface area contributed by atoms with Crippen molar-refractivity contribution in [2.75, 3.05) is 0 Å². The van der Waals surface area contributed by atoms with Crippen LogP contribution < -0.4 is 4.80 Å². The molecule has 0 saturated heterocycles. The number of fused-ring (bicyclic) bond motifs is 3. The predicted octanol–water partition coefficient (Wildman–Crippen LogP) is 4.92. The number of nitrogens with zero attached hydrogens (tertiary/aromatic N) is 2. The van der Waals surface area contributed by atoms with Gasteiger partial charge in [0.2, 0.25) is 0 Å². The van der Waals surface area contributed by atoms with Crippen LogP contribution in [0.3, 0.4) is 0 Å². The van der Waals surface area contributed by atoms with Gasteiger partial charge in [0.05, 0.1) is 15.8 Å². The van der Waals surface area contributed by atoms with Gasteiger partial charge >= 0.3 is 0 Å². The minimum absolute atomic E-state index is 0.0278. The smallest absolute Gasteiger partial charge is 0.282 e. The molecule has 1 aromatic heterocycles. The zero-order valence-corrected chi connectivity index (χ0v) is 14.7. The summed E-state index contributed by atoms with van der Waals surface area (Å²) in [7, 11) is 0. The minimum atomic E-state index is -0.586. The molecule has 26 heavy (non-hydrogen) atoms. The zero-order valence-electron chi connectivity index (χ0n) is 13.9. The molecule has 0 saturated carbocycles. The molecule has 128 valence electrons. The molecular formula is C21H15FN2OS. The van der Waals surface area contributed by atoms with Crippen molar-refractivity contribution in [1.82, 2.24) is 4.57 Å². The van der Waals surface area contributed by atoms with Gasteiger partial charge in [0.15, 0.2) is 4.80 Å². The third-order valence-electron chi connectivity index (χ3n) is 4.19. The van der Waals surface area contributed by atoms with Crippen LogP contribution in [-0.2, 0) is 6.54 Å². The molecule has 0 aliphatic carbocycles. The fraction of sp³-hybridized carbons (Fsp3) is 0.0476. The van der Waals surface area contributed by atoms with Crippen molar-refractivity contribution in [3.63, 3.8) is 0 Å². The Kier molecular flexibility index (Phi) is 4.22. The van der Waals surface area contributed by atoms with Crippen molar-refractivity contribution in [3.8, 4) is 0 Å². The van der Waals surface area contributed by atoms with Crippen LogP contribution in [0.1, 0.15) is 10.4 Å². The lowest BCUT2D eigenvalue weighted by atomic mass is 10.1. The third-order valence-corrected chi connectivity index (χ3v) is 5.31. The Hall–Kier alpha value is -3.05. The number of hydrogen-bond donors (Lipinski definition) is 0. The van der Waals surface area contributed by atoms with E-state index in [0.717, 1.165) is 21.0 Å². The first-order valence-corrected chi connectivity index (χ1v) is 8.96. The van der Waals surface area contributed by atoms with Gasteiger partial charge in [-0.15, -0.1) is 6.58 Å². The highest BCUT2D eigenvalue weighted by Crippen LogP contribution is 2.27. The van der Waals surface area contributed by atoms with Gasteiger partial charge in [0.1, 0.15) is 5.82 Å². The molecule has 5 heteroatoms. The summed E-state index contributed by atoms with van der Waals surface area (Å²) < 4.78 is 16.9. The number of rotatable bonds is 3. The standard InChI is InChI=1S/C21H15FN2OS/c1-2-13-24-18-12-11-14-7-3-4-8-15(14)19(18)26-21(24)23-20(25)16-9-5-6-10-17(16)22/h2-12H,1,13H2. The van der Waals surface area contributed by atoms with Crippen LogP contribution >= 0.6 is 11.3 Å². The maximum absolute atomic E-state index is 13.9. The number of halogens is 1. The maximum atomic E-state index is 13.9. The molecule has 3 nitrogen and oxygen atoms in total. The van der Waals surface area contributed by atoms with Crippen molar-refractivity contribution in [3.05, 3.63) is 89.5 Å². The normalized spacial score (nSPS) is 12.0. The zero-order chi connectivity index (χ0) is 18.1. The molecule has 3 aromatic carbocycles. The molecule has 4 aromatic rings. The number of allylic oxidation sites excluding steroid dienone is 1. The van der Waals surface area contributed by atoms with E-state index in [1.807, 2.05) is 34.9 Å². The van der Waals surface area contributed by atoms with Gasteiger partial charge in [-0.05, 0) is 23.6 Å². The van der Waals surface area contributed by atoms with Gasteiger partial charge in [-0.25, -0.2) is 4.39 Å². The average molecular weight is 362 g/mol. The summed E-state index contributed by atoms with van der Waals surface area (Å²) in [4.78, 5) is 17.2. The lowest BCUT2D eigenvalue weighted by molar-refractivity contribution is 0.0994. The summed E-state index contributed by atoms with van der Waals surface area (Å²) in [5, 5.41) is 2.23. The Balaban J connectivity index is 1.98. The molecule has 0 atom stereocenters.